The second-order valence-corrected chi connectivity index (χ2v) is 5.58. The maximum Gasteiger partial charge on any atom is 0.229 e. The molecule has 1 unspecified atom stereocenters. The fourth-order valence-electron chi connectivity index (χ4n) is 2.91. The molecule has 0 amide bonds. The topological polar surface area (TPSA) is 59.2 Å². The molecule has 0 bridgehead atoms. The molecule has 4 nitrogen and oxygen atoms in total. The molecule has 3 rings (SSSR count). The van der Waals surface area contributed by atoms with Gasteiger partial charge in [0.1, 0.15) is 0 Å². The monoisotopic (exact) mass is 272 g/mol. The molecule has 0 aliphatic heterocycles. The van der Waals surface area contributed by atoms with Gasteiger partial charge in [-0.1, -0.05) is 48.3 Å². The third-order valence-corrected chi connectivity index (χ3v) is 4.04. The first-order chi connectivity index (χ1) is 9.81. The van der Waals surface area contributed by atoms with E-state index in [2.05, 4.69) is 10.1 Å². The Morgan fingerprint density at radius 1 is 1.20 bits per heavy atom. The average molecular weight is 272 g/mol. The third-order valence-electron chi connectivity index (χ3n) is 4.04. The van der Waals surface area contributed by atoms with E-state index in [1.54, 1.807) is 0 Å². The van der Waals surface area contributed by atoms with E-state index in [4.69, 9.17) is 4.52 Å². The number of nitrogens with zero attached hydrogens (tertiary/aromatic N) is 2. The molecule has 0 saturated heterocycles. The van der Waals surface area contributed by atoms with Crippen LogP contribution in [0.15, 0.2) is 34.9 Å². The number of aliphatic hydroxyl groups is 1. The first kappa shape index (κ1) is 13.3. The van der Waals surface area contributed by atoms with Gasteiger partial charge in [-0.05, 0) is 24.3 Å². The van der Waals surface area contributed by atoms with Crippen molar-refractivity contribution in [3.63, 3.8) is 0 Å². The molecule has 106 valence electrons. The fourth-order valence-corrected chi connectivity index (χ4v) is 2.91. The van der Waals surface area contributed by atoms with E-state index in [-0.39, 0.29) is 6.10 Å². The predicted octanol–water partition coefficient (Wildman–Crippen LogP) is 2.75. The van der Waals surface area contributed by atoms with E-state index >= 15 is 0 Å². The summed E-state index contributed by atoms with van der Waals surface area (Å²) >= 11 is 0. The van der Waals surface area contributed by atoms with Gasteiger partial charge in [-0.2, -0.15) is 4.98 Å². The minimum absolute atomic E-state index is 0.345. The Morgan fingerprint density at radius 3 is 2.70 bits per heavy atom. The number of benzene rings is 1. The van der Waals surface area contributed by atoms with Crippen molar-refractivity contribution in [1.82, 2.24) is 10.1 Å². The van der Waals surface area contributed by atoms with Crippen LogP contribution in [0.3, 0.4) is 0 Å². The lowest BCUT2D eigenvalue weighted by atomic mass is 9.98. The molecule has 2 aromatic rings. The fraction of sp³-hybridized carbons (Fsp3) is 0.500. The van der Waals surface area contributed by atoms with Crippen LogP contribution in [0.4, 0.5) is 0 Å². The normalized spacial score (nSPS) is 17.4. The Morgan fingerprint density at radius 2 is 1.95 bits per heavy atom. The van der Waals surface area contributed by atoms with Crippen molar-refractivity contribution in [3.05, 3.63) is 47.6 Å². The van der Waals surface area contributed by atoms with E-state index in [9.17, 15) is 5.11 Å². The van der Waals surface area contributed by atoms with E-state index in [1.165, 1.54) is 12.8 Å². The second kappa shape index (κ2) is 6.18. The Hall–Kier alpha value is -1.68. The van der Waals surface area contributed by atoms with Gasteiger partial charge < -0.3 is 9.63 Å². The number of aromatic nitrogens is 2. The molecule has 1 saturated carbocycles. The first-order valence-corrected chi connectivity index (χ1v) is 7.35. The maximum absolute atomic E-state index is 10.2. The highest BCUT2D eigenvalue weighted by molar-refractivity contribution is 5.18. The van der Waals surface area contributed by atoms with Gasteiger partial charge >= 0.3 is 0 Å². The van der Waals surface area contributed by atoms with Crippen LogP contribution in [-0.4, -0.2) is 21.4 Å². The van der Waals surface area contributed by atoms with E-state index in [0.717, 1.165) is 18.4 Å². The summed E-state index contributed by atoms with van der Waals surface area (Å²) in [5, 5.41) is 14.2. The molecule has 1 aromatic carbocycles. The Balaban J connectivity index is 1.59. The average Bonchev–Trinajstić information content (AvgIpc) is 3.11. The summed E-state index contributed by atoms with van der Waals surface area (Å²) in [6.07, 6.45) is 5.49. The molecule has 1 fully saturated rings. The van der Waals surface area contributed by atoms with Crippen LogP contribution in [0.2, 0.25) is 0 Å². The zero-order chi connectivity index (χ0) is 13.8. The molecule has 4 heteroatoms. The zero-order valence-corrected chi connectivity index (χ0v) is 11.5. The SMILES string of the molecule is OC(Cc1nc(Cc2ccccc2)no1)C1CCCC1. The summed E-state index contributed by atoms with van der Waals surface area (Å²) < 4.78 is 5.25. The van der Waals surface area contributed by atoms with Gasteiger partial charge in [-0.15, -0.1) is 0 Å². The van der Waals surface area contributed by atoms with Gasteiger partial charge in [0, 0.05) is 6.42 Å². The summed E-state index contributed by atoms with van der Waals surface area (Å²) in [4.78, 5) is 4.38. The highest BCUT2D eigenvalue weighted by Crippen LogP contribution is 2.28. The van der Waals surface area contributed by atoms with Crippen LogP contribution in [0.5, 0.6) is 0 Å². The Kier molecular flexibility index (Phi) is 4.11. The number of hydrogen-bond donors (Lipinski definition) is 1. The van der Waals surface area contributed by atoms with Crippen molar-refractivity contribution in [2.24, 2.45) is 5.92 Å². The van der Waals surface area contributed by atoms with Crippen molar-refractivity contribution >= 4 is 0 Å². The summed E-state index contributed by atoms with van der Waals surface area (Å²) in [5.41, 5.74) is 1.16. The highest BCUT2D eigenvalue weighted by Gasteiger charge is 2.25. The molecule has 1 atom stereocenters. The molecule has 1 aliphatic carbocycles. The molecular weight excluding hydrogens is 252 g/mol. The van der Waals surface area contributed by atoms with Crippen LogP contribution in [0.1, 0.15) is 43.0 Å². The van der Waals surface area contributed by atoms with Crippen LogP contribution in [-0.2, 0) is 12.8 Å². The number of rotatable bonds is 5. The standard InChI is InChI=1S/C16H20N2O2/c19-14(13-8-4-5-9-13)11-16-17-15(18-20-16)10-12-6-2-1-3-7-12/h1-3,6-7,13-14,19H,4-5,8-11H2. The number of aliphatic hydroxyl groups excluding tert-OH is 1. The van der Waals surface area contributed by atoms with Gasteiger partial charge in [0.25, 0.3) is 0 Å². The molecule has 20 heavy (non-hydrogen) atoms. The second-order valence-electron chi connectivity index (χ2n) is 5.58. The van der Waals surface area contributed by atoms with Crippen LogP contribution >= 0.6 is 0 Å². The largest absolute Gasteiger partial charge is 0.392 e. The molecule has 1 N–H and O–H groups in total. The third kappa shape index (κ3) is 3.25. The summed E-state index contributed by atoms with van der Waals surface area (Å²) in [6.45, 7) is 0. The molecule has 1 heterocycles. The van der Waals surface area contributed by atoms with Gasteiger partial charge in [0.2, 0.25) is 5.89 Å². The molecular formula is C16H20N2O2. The summed E-state index contributed by atoms with van der Waals surface area (Å²) in [7, 11) is 0. The first-order valence-electron chi connectivity index (χ1n) is 7.35. The van der Waals surface area contributed by atoms with Crippen molar-refractivity contribution in [3.8, 4) is 0 Å². The van der Waals surface area contributed by atoms with Gasteiger partial charge in [0.15, 0.2) is 5.82 Å². The van der Waals surface area contributed by atoms with Crippen molar-refractivity contribution in [2.45, 2.75) is 44.6 Å². The number of hydrogen-bond acceptors (Lipinski definition) is 4. The van der Waals surface area contributed by atoms with E-state index < -0.39 is 0 Å². The Labute approximate surface area is 118 Å². The van der Waals surface area contributed by atoms with E-state index in [0.29, 0.717) is 30.5 Å². The molecule has 0 radical (unpaired) electrons. The minimum Gasteiger partial charge on any atom is -0.392 e. The van der Waals surface area contributed by atoms with Gasteiger partial charge in [-0.3, -0.25) is 0 Å². The zero-order valence-electron chi connectivity index (χ0n) is 11.5. The van der Waals surface area contributed by atoms with Crippen LogP contribution in [0, 0.1) is 5.92 Å². The molecule has 1 aromatic heterocycles. The quantitative estimate of drug-likeness (QED) is 0.909. The lowest BCUT2D eigenvalue weighted by Gasteiger charge is -2.14. The van der Waals surface area contributed by atoms with Gasteiger partial charge in [-0.25, -0.2) is 0 Å². The maximum atomic E-state index is 10.2. The smallest absolute Gasteiger partial charge is 0.229 e. The summed E-state index contributed by atoms with van der Waals surface area (Å²) in [6, 6.07) is 10.1. The van der Waals surface area contributed by atoms with Gasteiger partial charge in [0.05, 0.1) is 12.5 Å². The van der Waals surface area contributed by atoms with Crippen molar-refractivity contribution in [1.29, 1.82) is 0 Å². The lowest BCUT2D eigenvalue weighted by Crippen LogP contribution is -2.20. The van der Waals surface area contributed by atoms with Crippen LogP contribution in [0.25, 0.3) is 0 Å². The van der Waals surface area contributed by atoms with Crippen molar-refractivity contribution in [2.75, 3.05) is 0 Å². The van der Waals surface area contributed by atoms with Crippen molar-refractivity contribution < 1.29 is 9.63 Å². The summed E-state index contributed by atoms with van der Waals surface area (Å²) in [5.74, 6) is 1.64. The highest BCUT2D eigenvalue weighted by atomic mass is 16.5. The molecule has 0 spiro atoms. The van der Waals surface area contributed by atoms with E-state index in [1.807, 2.05) is 30.3 Å². The molecule has 1 aliphatic rings. The predicted molar refractivity (Wildman–Crippen MR) is 75.2 cm³/mol. The Bertz CT molecular complexity index is 532. The van der Waals surface area contributed by atoms with Crippen LogP contribution < -0.4 is 0 Å². The lowest BCUT2D eigenvalue weighted by molar-refractivity contribution is 0.102. The minimum atomic E-state index is -0.345.